The Kier molecular flexibility index (Phi) is 10.5. The third-order valence-corrected chi connectivity index (χ3v) is 10.1. The summed E-state index contributed by atoms with van der Waals surface area (Å²) in [6, 6.07) is 19.4. The lowest BCUT2D eigenvalue weighted by molar-refractivity contribution is -0.235. The van der Waals surface area contributed by atoms with Gasteiger partial charge in [0.2, 0.25) is 5.91 Å². The highest BCUT2D eigenvalue weighted by molar-refractivity contribution is 8.00. The Labute approximate surface area is 293 Å². The number of benzene rings is 3. The maximum Gasteiger partial charge on any atom is 0.493 e. The van der Waals surface area contributed by atoms with Crippen molar-refractivity contribution >= 4 is 35.2 Å². The van der Waals surface area contributed by atoms with E-state index in [2.05, 4.69) is 5.32 Å². The van der Waals surface area contributed by atoms with Crippen LogP contribution in [0.25, 0.3) is 0 Å². The third kappa shape index (κ3) is 8.44. The Morgan fingerprint density at radius 2 is 1.63 bits per heavy atom. The maximum atomic E-state index is 14.1. The van der Waals surface area contributed by atoms with Gasteiger partial charge in [-0.25, -0.2) is 4.79 Å². The number of hydroxylamine groups is 2. The number of carbonyl (C=O) groups excluding carboxylic acids is 3. The van der Waals surface area contributed by atoms with E-state index >= 15 is 0 Å². The molecule has 3 aromatic rings. The highest BCUT2D eigenvalue weighted by atomic mass is 32.2. The zero-order valence-electron chi connectivity index (χ0n) is 26.9. The quantitative estimate of drug-likeness (QED) is 0.223. The number of para-hydroxylation sites is 1. The Bertz CT molecular complexity index is 1780. The summed E-state index contributed by atoms with van der Waals surface area (Å²) in [7, 11) is 0. The van der Waals surface area contributed by atoms with Gasteiger partial charge in [0, 0.05) is 30.4 Å². The molecule has 1 fully saturated rings. The molecule has 1 atom stereocenters. The molecule has 0 saturated heterocycles. The van der Waals surface area contributed by atoms with Gasteiger partial charge in [0.25, 0.3) is 5.91 Å². The van der Waals surface area contributed by atoms with Crippen LogP contribution in [0.15, 0.2) is 90.1 Å². The van der Waals surface area contributed by atoms with Gasteiger partial charge in [0.1, 0.15) is 11.5 Å². The van der Waals surface area contributed by atoms with E-state index in [1.165, 1.54) is 33.7 Å². The molecule has 0 aromatic heterocycles. The zero-order valence-corrected chi connectivity index (χ0v) is 27.7. The summed E-state index contributed by atoms with van der Waals surface area (Å²) >= 11 is 1.26. The number of carbonyl (C=O) groups is 3. The molecule has 1 aliphatic carbocycles. The Hall–Kier alpha value is -4.70. The first-order valence-electron chi connectivity index (χ1n) is 16.0. The monoisotopic (exact) mass is 734 g/mol. The molecule has 0 bridgehead atoms. The van der Waals surface area contributed by atoms with E-state index < -0.39 is 35.3 Å². The Balaban J connectivity index is 1.13. The van der Waals surface area contributed by atoms with Crippen molar-refractivity contribution in [2.24, 2.45) is 0 Å². The average molecular weight is 735 g/mol. The molecule has 6 rings (SSSR count). The lowest BCUT2D eigenvalue weighted by atomic mass is 10.00. The van der Waals surface area contributed by atoms with E-state index in [1.54, 1.807) is 54.6 Å². The van der Waals surface area contributed by atoms with Gasteiger partial charge in [0.15, 0.2) is 5.50 Å². The molecular weight excluding hydrogens is 702 g/mol. The van der Waals surface area contributed by atoms with E-state index in [-0.39, 0.29) is 60.8 Å². The van der Waals surface area contributed by atoms with E-state index in [1.807, 2.05) is 0 Å². The van der Waals surface area contributed by atoms with Crippen LogP contribution in [0.3, 0.4) is 0 Å². The molecule has 1 saturated carbocycles. The number of rotatable bonds is 10. The van der Waals surface area contributed by atoms with Crippen LogP contribution in [0.2, 0.25) is 0 Å². The molecule has 3 aromatic carbocycles. The highest BCUT2D eigenvalue weighted by Gasteiger charge is 2.50. The Morgan fingerprint density at radius 3 is 2.27 bits per heavy atom. The van der Waals surface area contributed by atoms with Crippen molar-refractivity contribution in [3.63, 3.8) is 0 Å². The van der Waals surface area contributed by atoms with Gasteiger partial charge in [-0.15, -0.1) is 11.8 Å². The number of thioether (sulfide) groups is 1. The van der Waals surface area contributed by atoms with Crippen molar-refractivity contribution in [2.45, 2.75) is 55.3 Å². The number of anilines is 1. The van der Waals surface area contributed by atoms with Crippen molar-refractivity contribution < 1.29 is 50.3 Å². The van der Waals surface area contributed by atoms with E-state index in [0.717, 1.165) is 42.0 Å². The van der Waals surface area contributed by atoms with Gasteiger partial charge >= 0.3 is 18.3 Å². The van der Waals surface area contributed by atoms with Crippen LogP contribution < -0.4 is 15.0 Å². The number of hydrogen-bond acceptors (Lipinski definition) is 8. The number of hydrogen-bond donors (Lipinski definition) is 1. The minimum Gasteiger partial charge on any atom is -0.457 e. The standard InChI is InChI=1S/C35H32F6N4O5S/c36-34(37,38)23-6-4-9-26(18-23)49-25-14-12-22(13-15-25)19-42-20-30(46)43-17-16-29-28(21-43)31(47)44(24-7-2-1-3-8-24)33(51-27-10-5-11-27)45(29)50-32(48)35(39,40)41/h1-4,6-9,12-15,18,27,33,42H,5,10-11,16-17,19-21H2. The second-order valence-electron chi connectivity index (χ2n) is 12.1. The topological polar surface area (TPSA) is 91.4 Å². The van der Waals surface area contributed by atoms with Crippen LogP contribution in [0, 0.1) is 0 Å². The number of ether oxygens (including phenoxy) is 1. The zero-order chi connectivity index (χ0) is 36.3. The first-order chi connectivity index (χ1) is 24.3. The maximum absolute atomic E-state index is 14.1. The molecular formula is C35H32F6N4O5S. The second kappa shape index (κ2) is 14.9. The molecule has 1 unspecified atom stereocenters. The summed E-state index contributed by atoms with van der Waals surface area (Å²) in [5.41, 5.74) is -0.582. The minimum absolute atomic E-state index is 0.0182. The summed E-state index contributed by atoms with van der Waals surface area (Å²) < 4.78 is 85.0. The number of nitrogens with zero attached hydrogens (tertiary/aromatic N) is 3. The van der Waals surface area contributed by atoms with Crippen LogP contribution in [0.1, 0.15) is 36.8 Å². The van der Waals surface area contributed by atoms with Crippen LogP contribution in [0.5, 0.6) is 11.5 Å². The largest absolute Gasteiger partial charge is 0.493 e. The van der Waals surface area contributed by atoms with Crippen LogP contribution >= 0.6 is 11.8 Å². The van der Waals surface area contributed by atoms with Crippen molar-refractivity contribution in [1.82, 2.24) is 15.3 Å². The van der Waals surface area contributed by atoms with Crippen LogP contribution in [-0.4, -0.2) is 64.3 Å². The van der Waals surface area contributed by atoms with Crippen molar-refractivity contribution in [2.75, 3.05) is 24.5 Å². The van der Waals surface area contributed by atoms with E-state index in [9.17, 15) is 40.7 Å². The number of nitrogens with one attached hydrogen (secondary N) is 1. The summed E-state index contributed by atoms with van der Waals surface area (Å²) in [5.74, 6) is -2.93. The van der Waals surface area contributed by atoms with Crippen molar-refractivity contribution in [3.05, 3.63) is 101 Å². The molecule has 0 radical (unpaired) electrons. The predicted octanol–water partition coefficient (Wildman–Crippen LogP) is 7.01. The minimum atomic E-state index is -5.27. The SMILES string of the molecule is O=C(CNCc1ccc(Oc2cccc(C(F)(F)F)c2)cc1)N1CCC2=C(C1)C(=O)N(c1ccccc1)C(SC1CCC1)N2OC(=O)C(F)(F)F. The predicted molar refractivity (Wildman–Crippen MR) is 175 cm³/mol. The highest BCUT2D eigenvalue weighted by Crippen LogP contribution is 2.44. The molecule has 3 aliphatic rings. The molecule has 1 N–H and O–H groups in total. The summed E-state index contributed by atoms with van der Waals surface area (Å²) in [6.07, 6.45) is -7.25. The molecule has 2 aliphatic heterocycles. The van der Waals surface area contributed by atoms with E-state index in [0.29, 0.717) is 11.4 Å². The summed E-state index contributed by atoms with van der Waals surface area (Å²) in [4.78, 5) is 47.3. The van der Waals surface area contributed by atoms with Crippen molar-refractivity contribution in [3.8, 4) is 11.5 Å². The van der Waals surface area contributed by atoms with Gasteiger partial charge in [-0.2, -0.15) is 31.4 Å². The molecule has 2 heterocycles. The second-order valence-corrected chi connectivity index (χ2v) is 13.5. The molecule has 9 nitrogen and oxygen atoms in total. The average Bonchev–Trinajstić information content (AvgIpc) is 3.08. The summed E-state index contributed by atoms with van der Waals surface area (Å²) in [6.45, 7) is -0.0190. The van der Waals surface area contributed by atoms with Gasteiger partial charge in [0.05, 0.1) is 29.9 Å². The number of alkyl halides is 6. The van der Waals surface area contributed by atoms with Gasteiger partial charge in [-0.1, -0.05) is 42.8 Å². The molecule has 51 heavy (non-hydrogen) atoms. The van der Waals surface area contributed by atoms with Crippen molar-refractivity contribution in [1.29, 1.82) is 0 Å². The van der Waals surface area contributed by atoms with Crippen LogP contribution in [0.4, 0.5) is 32.0 Å². The Morgan fingerprint density at radius 1 is 0.902 bits per heavy atom. The molecule has 16 heteroatoms. The molecule has 270 valence electrons. The fourth-order valence-corrected chi connectivity index (χ4v) is 7.30. The van der Waals surface area contributed by atoms with Gasteiger partial charge < -0.3 is 19.8 Å². The van der Waals surface area contributed by atoms with Crippen LogP contribution in [-0.2, 0) is 31.9 Å². The number of amides is 2. The molecule has 2 amide bonds. The normalized spacial score (nSPS) is 18.4. The van der Waals surface area contributed by atoms with E-state index in [4.69, 9.17) is 9.57 Å². The lowest BCUT2D eigenvalue weighted by Gasteiger charge is -2.48. The first kappa shape index (κ1) is 36.1. The first-order valence-corrected chi connectivity index (χ1v) is 17.0. The lowest BCUT2D eigenvalue weighted by Crippen LogP contribution is -2.59. The molecule has 0 spiro atoms. The van der Waals surface area contributed by atoms with Gasteiger partial charge in [-0.05, 0) is 60.9 Å². The number of halogens is 6. The smallest absolute Gasteiger partial charge is 0.457 e. The fourth-order valence-electron chi connectivity index (χ4n) is 5.73. The van der Waals surface area contributed by atoms with Gasteiger partial charge in [-0.3, -0.25) is 14.5 Å². The fraction of sp³-hybridized carbons (Fsp3) is 0.343. The summed E-state index contributed by atoms with van der Waals surface area (Å²) in [5, 5.41) is 3.98. The third-order valence-electron chi connectivity index (χ3n) is 8.57.